The Labute approximate surface area is 95.5 Å². The van der Waals surface area contributed by atoms with Crippen molar-refractivity contribution >= 4 is 21.7 Å². The third-order valence-corrected chi connectivity index (χ3v) is 3.04. The lowest BCUT2D eigenvalue weighted by molar-refractivity contribution is 0.0996. The van der Waals surface area contributed by atoms with Gasteiger partial charge in [-0.15, -0.1) is 0 Å². The molecule has 1 aromatic rings. The molecule has 0 aliphatic heterocycles. The van der Waals surface area contributed by atoms with Crippen molar-refractivity contribution in [2.45, 2.75) is 6.92 Å². The monoisotopic (exact) mass is 275 g/mol. The van der Waals surface area contributed by atoms with E-state index < -0.39 is 5.82 Å². The normalized spacial score (nSPS) is 10.2. The van der Waals surface area contributed by atoms with Crippen LogP contribution in [0.4, 0.5) is 4.39 Å². The summed E-state index contributed by atoms with van der Waals surface area (Å²) in [7, 11) is 1.31. The van der Waals surface area contributed by atoms with Crippen molar-refractivity contribution in [3.05, 3.63) is 27.5 Å². The third-order valence-electron chi connectivity index (χ3n) is 2.02. The molecule has 0 saturated heterocycles. The van der Waals surface area contributed by atoms with E-state index in [2.05, 4.69) is 15.9 Å². The highest BCUT2D eigenvalue weighted by molar-refractivity contribution is 9.10. The first-order chi connectivity index (χ1) is 7.02. The average Bonchev–Trinajstić information content (AvgIpc) is 2.21. The molecule has 5 heteroatoms. The molecule has 0 aliphatic carbocycles. The molecule has 0 fully saturated rings. The highest BCUT2D eigenvalue weighted by Gasteiger charge is 2.20. The summed E-state index contributed by atoms with van der Waals surface area (Å²) >= 11 is 3.22. The fourth-order valence-electron chi connectivity index (χ4n) is 1.29. The number of ketones is 1. The predicted molar refractivity (Wildman–Crippen MR) is 58.8 cm³/mol. The van der Waals surface area contributed by atoms with Gasteiger partial charge in [-0.05, 0) is 34.5 Å². The van der Waals surface area contributed by atoms with Gasteiger partial charge in [-0.3, -0.25) is 4.79 Å². The second-order valence-electron chi connectivity index (χ2n) is 3.02. The van der Waals surface area contributed by atoms with Crippen LogP contribution in [0.15, 0.2) is 10.5 Å². The molecule has 0 spiro atoms. The van der Waals surface area contributed by atoms with Gasteiger partial charge in [-0.2, -0.15) is 0 Å². The van der Waals surface area contributed by atoms with Crippen LogP contribution in [0.25, 0.3) is 0 Å². The topological polar surface area (TPSA) is 52.3 Å². The summed E-state index contributed by atoms with van der Waals surface area (Å²) < 4.78 is 18.8. The van der Waals surface area contributed by atoms with Crippen molar-refractivity contribution in [2.24, 2.45) is 5.73 Å². The first-order valence-electron chi connectivity index (χ1n) is 4.28. The molecule has 15 heavy (non-hydrogen) atoms. The molecule has 2 N–H and O–H groups in total. The van der Waals surface area contributed by atoms with E-state index >= 15 is 0 Å². The van der Waals surface area contributed by atoms with Crippen molar-refractivity contribution in [3.63, 3.8) is 0 Å². The first-order valence-corrected chi connectivity index (χ1v) is 5.08. The predicted octanol–water partition coefficient (Wildman–Crippen LogP) is 2.05. The maximum Gasteiger partial charge on any atom is 0.181 e. The molecule has 0 atom stereocenters. The van der Waals surface area contributed by atoms with E-state index in [1.165, 1.54) is 13.2 Å². The molecular formula is C10H11BrFNO2. The van der Waals surface area contributed by atoms with E-state index in [-0.39, 0.29) is 23.6 Å². The van der Waals surface area contributed by atoms with Crippen LogP contribution in [-0.4, -0.2) is 19.4 Å². The summed E-state index contributed by atoms with van der Waals surface area (Å²) in [5.41, 5.74) is 6.04. The Morgan fingerprint density at radius 2 is 2.27 bits per heavy atom. The summed E-state index contributed by atoms with van der Waals surface area (Å²) in [5, 5.41) is 0. The summed E-state index contributed by atoms with van der Waals surface area (Å²) in [6, 6.07) is 1.30. The van der Waals surface area contributed by atoms with Crippen LogP contribution in [0.3, 0.4) is 0 Å². The number of benzene rings is 1. The molecule has 1 aromatic carbocycles. The fraction of sp³-hybridized carbons (Fsp3) is 0.300. The molecule has 0 amide bonds. The van der Waals surface area contributed by atoms with Crippen molar-refractivity contribution in [2.75, 3.05) is 13.7 Å². The van der Waals surface area contributed by atoms with Gasteiger partial charge in [-0.1, -0.05) is 0 Å². The average molecular weight is 276 g/mol. The summed E-state index contributed by atoms with van der Waals surface area (Å²) in [6.45, 7) is 1.51. The summed E-state index contributed by atoms with van der Waals surface area (Å²) in [4.78, 5) is 11.5. The standard InChI is InChI=1S/C10H11BrFNO2/c1-5-3-6(12)10(15-2)8(9(5)11)7(14)4-13/h3H,4,13H2,1-2H3. The Bertz CT molecular complexity index is 407. The number of hydrogen-bond donors (Lipinski definition) is 1. The van der Waals surface area contributed by atoms with Crippen molar-refractivity contribution in [1.82, 2.24) is 0 Å². The number of Topliss-reactive ketones (excluding diaryl/α,β-unsaturated/α-hetero) is 1. The Morgan fingerprint density at radius 3 is 2.73 bits per heavy atom. The lowest BCUT2D eigenvalue weighted by Gasteiger charge is -2.11. The molecule has 0 radical (unpaired) electrons. The third kappa shape index (κ3) is 2.18. The molecular weight excluding hydrogens is 265 g/mol. The fourth-order valence-corrected chi connectivity index (χ4v) is 1.80. The highest BCUT2D eigenvalue weighted by atomic mass is 79.9. The number of ether oxygens (including phenoxy) is 1. The van der Waals surface area contributed by atoms with Crippen LogP contribution in [0.2, 0.25) is 0 Å². The van der Waals surface area contributed by atoms with Gasteiger partial charge >= 0.3 is 0 Å². The molecule has 0 bridgehead atoms. The number of halogens is 2. The number of aryl methyl sites for hydroxylation is 1. The van der Waals surface area contributed by atoms with Gasteiger partial charge in [0.1, 0.15) is 0 Å². The molecule has 0 heterocycles. The maximum atomic E-state index is 13.4. The zero-order chi connectivity index (χ0) is 11.6. The highest BCUT2D eigenvalue weighted by Crippen LogP contribution is 2.32. The van der Waals surface area contributed by atoms with Gasteiger partial charge in [0, 0.05) is 4.47 Å². The Morgan fingerprint density at radius 1 is 1.67 bits per heavy atom. The van der Waals surface area contributed by atoms with Gasteiger partial charge in [0.25, 0.3) is 0 Å². The number of methoxy groups -OCH3 is 1. The zero-order valence-corrected chi connectivity index (χ0v) is 10.0. The van der Waals surface area contributed by atoms with E-state index in [1.54, 1.807) is 6.92 Å². The number of rotatable bonds is 3. The Kier molecular flexibility index (Phi) is 3.82. The minimum atomic E-state index is -0.560. The molecule has 0 aromatic heterocycles. The van der Waals surface area contributed by atoms with Crippen molar-refractivity contribution in [1.29, 1.82) is 0 Å². The molecule has 0 unspecified atom stereocenters. The Balaban J connectivity index is 3.50. The van der Waals surface area contributed by atoms with Crippen LogP contribution in [0, 0.1) is 12.7 Å². The SMILES string of the molecule is COc1c(F)cc(C)c(Br)c1C(=O)CN. The largest absolute Gasteiger partial charge is 0.493 e. The lowest BCUT2D eigenvalue weighted by atomic mass is 10.1. The molecule has 1 rings (SSSR count). The first kappa shape index (κ1) is 12.1. The van der Waals surface area contributed by atoms with Crippen LogP contribution in [-0.2, 0) is 0 Å². The summed E-state index contributed by atoms with van der Waals surface area (Å²) in [5.74, 6) is -0.987. The van der Waals surface area contributed by atoms with E-state index in [0.29, 0.717) is 10.0 Å². The summed E-state index contributed by atoms with van der Waals surface area (Å²) in [6.07, 6.45) is 0. The van der Waals surface area contributed by atoms with E-state index in [9.17, 15) is 9.18 Å². The van der Waals surface area contributed by atoms with Gasteiger partial charge < -0.3 is 10.5 Å². The van der Waals surface area contributed by atoms with E-state index in [4.69, 9.17) is 10.5 Å². The molecule has 0 saturated carbocycles. The van der Waals surface area contributed by atoms with E-state index in [0.717, 1.165) is 0 Å². The lowest BCUT2D eigenvalue weighted by Crippen LogP contribution is -2.16. The quantitative estimate of drug-likeness (QED) is 0.859. The van der Waals surface area contributed by atoms with Crippen molar-refractivity contribution < 1.29 is 13.9 Å². The van der Waals surface area contributed by atoms with Crippen LogP contribution in [0.5, 0.6) is 5.75 Å². The van der Waals surface area contributed by atoms with Crippen LogP contribution < -0.4 is 10.5 Å². The maximum absolute atomic E-state index is 13.4. The van der Waals surface area contributed by atoms with Crippen LogP contribution >= 0.6 is 15.9 Å². The van der Waals surface area contributed by atoms with Crippen LogP contribution in [0.1, 0.15) is 15.9 Å². The van der Waals surface area contributed by atoms with Gasteiger partial charge in [-0.25, -0.2) is 4.39 Å². The van der Waals surface area contributed by atoms with Gasteiger partial charge in [0.2, 0.25) is 0 Å². The van der Waals surface area contributed by atoms with E-state index in [1.807, 2.05) is 0 Å². The minimum Gasteiger partial charge on any atom is -0.493 e. The Hall–Kier alpha value is -0.940. The number of carbonyl (C=O) groups is 1. The number of hydrogen-bond acceptors (Lipinski definition) is 3. The molecule has 0 aliphatic rings. The second-order valence-corrected chi connectivity index (χ2v) is 3.82. The minimum absolute atomic E-state index is 0.0667. The van der Waals surface area contributed by atoms with Gasteiger partial charge in [0.05, 0.1) is 19.2 Å². The number of carbonyl (C=O) groups excluding carboxylic acids is 1. The second kappa shape index (κ2) is 4.72. The smallest absolute Gasteiger partial charge is 0.181 e. The van der Waals surface area contributed by atoms with Crippen molar-refractivity contribution in [3.8, 4) is 5.75 Å². The van der Waals surface area contributed by atoms with Gasteiger partial charge in [0.15, 0.2) is 17.3 Å². The molecule has 82 valence electrons. The number of nitrogens with two attached hydrogens (primary N) is 1. The zero-order valence-electron chi connectivity index (χ0n) is 8.43. The molecule has 3 nitrogen and oxygen atoms in total.